The maximum absolute atomic E-state index is 13.0. The SMILES string of the molecule is C=CCC1CCN(C(C)c2ccc(-c3ccc(F)cc3)cc2)C(=O)N1.Fc1ccccc1. The number of carbonyl (C=O) groups is 1. The molecule has 3 aromatic carbocycles. The normalized spacial score (nSPS) is 16.4. The second-order valence-electron chi connectivity index (χ2n) is 7.75. The molecule has 1 aliphatic rings. The van der Waals surface area contributed by atoms with E-state index in [1.54, 1.807) is 30.3 Å². The predicted molar refractivity (Wildman–Crippen MR) is 125 cm³/mol. The summed E-state index contributed by atoms with van der Waals surface area (Å²) in [5, 5.41) is 3.04. The molecule has 5 heteroatoms. The minimum atomic E-state index is -0.236. The number of urea groups is 1. The molecule has 2 atom stereocenters. The first kappa shape index (κ1) is 23.2. The number of amides is 2. The standard InChI is InChI=1S/C21H23FN2O.C6H5F/c1-3-4-20-13-14-24(21(25)23-20)15(2)16-5-7-17(8-6-16)18-9-11-19(22)12-10-18;7-6-4-2-1-3-5-6/h3,5-12,15,20H,1,4,13-14H2,2H3,(H,23,25);1-5H. The molecule has 0 bridgehead atoms. The molecular weight excluding hydrogens is 406 g/mol. The molecule has 1 heterocycles. The average molecular weight is 435 g/mol. The number of benzene rings is 3. The average Bonchev–Trinajstić information content (AvgIpc) is 2.81. The van der Waals surface area contributed by atoms with Gasteiger partial charge in [0.2, 0.25) is 0 Å². The lowest BCUT2D eigenvalue weighted by Gasteiger charge is -2.36. The molecule has 166 valence electrons. The Morgan fingerprint density at radius 3 is 2.03 bits per heavy atom. The number of halogens is 2. The van der Waals surface area contributed by atoms with Gasteiger partial charge >= 0.3 is 6.03 Å². The van der Waals surface area contributed by atoms with Gasteiger partial charge < -0.3 is 10.2 Å². The van der Waals surface area contributed by atoms with E-state index >= 15 is 0 Å². The number of nitrogens with zero attached hydrogens (tertiary/aromatic N) is 1. The van der Waals surface area contributed by atoms with E-state index < -0.39 is 0 Å². The Kier molecular flexibility index (Phi) is 8.14. The van der Waals surface area contributed by atoms with Gasteiger partial charge in [0.15, 0.2) is 0 Å². The minimum absolute atomic E-state index is 0.00643. The molecule has 3 nitrogen and oxygen atoms in total. The summed E-state index contributed by atoms with van der Waals surface area (Å²) in [5.74, 6) is -0.414. The highest BCUT2D eigenvalue weighted by molar-refractivity contribution is 5.76. The van der Waals surface area contributed by atoms with Crippen LogP contribution in [0.3, 0.4) is 0 Å². The zero-order valence-electron chi connectivity index (χ0n) is 18.2. The van der Waals surface area contributed by atoms with Gasteiger partial charge in [-0.1, -0.05) is 60.7 Å². The summed E-state index contributed by atoms with van der Waals surface area (Å²) in [6, 6.07) is 22.7. The first-order valence-corrected chi connectivity index (χ1v) is 10.7. The van der Waals surface area contributed by atoms with Crippen LogP contribution < -0.4 is 5.32 Å². The predicted octanol–water partition coefficient (Wildman–Crippen LogP) is 6.74. The first-order chi connectivity index (χ1) is 15.5. The van der Waals surface area contributed by atoms with Gasteiger partial charge in [0, 0.05) is 12.6 Å². The molecule has 1 N–H and O–H groups in total. The van der Waals surface area contributed by atoms with E-state index in [0.717, 1.165) is 36.1 Å². The van der Waals surface area contributed by atoms with Crippen molar-refractivity contribution in [1.29, 1.82) is 0 Å². The van der Waals surface area contributed by atoms with Gasteiger partial charge in [0.1, 0.15) is 11.6 Å². The lowest BCUT2D eigenvalue weighted by atomic mass is 9.99. The highest BCUT2D eigenvalue weighted by Gasteiger charge is 2.28. The van der Waals surface area contributed by atoms with Crippen LogP contribution in [0.4, 0.5) is 13.6 Å². The van der Waals surface area contributed by atoms with Crippen molar-refractivity contribution in [2.45, 2.75) is 31.8 Å². The molecule has 0 spiro atoms. The maximum atomic E-state index is 13.0. The zero-order chi connectivity index (χ0) is 22.9. The monoisotopic (exact) mass is 434 g/mol. The number of rotatable bonds is 5. The van der Waals surface area contributed by atoms with Crippen LogP contribution >= 0.6 is 0 Å². The van der Waals surface area contributed by atoms with Crippen molar-refractivity contribution in [2.24, 2.45) is 0 Å². The van der Waals surface area contributed by atoms with E-state index in [4.69, 9.17) is 0 Å². The molecule has 1 aliphatic heterocycles. The molecule has 2 unspecified atom stereocenters. The number of hydrogen-bond acceptors (Lipinski definition) is 1. The van der Waals surface area contributed by atoms with E-state index in [0.29, 0.717) is 0 Å². The number of carbonyl (C=O) groups excluding carboxylic acids is 1. The van der Waals surface area contributed by atoms with Gasteiger partial charge in [-0.15, -0.1) is 6.58 Å². The Morgan fingerprint density at radius 1 is 0.969 bits per heavy atom. The van der Waals surface area contributed by atoms with Gasteiger partial charge in [-0.25, -0.2) is 13.6 Å². The van der Waals surface area contributed by atoms with E-state index in [1.165, 1.54) is 24.3 Å². The molecule has 1 fully saturated rings. The van der Waals surface area contributed by atoms with Crippen molar-refractivity contribution in [3.05, 3.63) is 109 Å². The molecule has 32 heavy (non-hydrogen) atoms. The maximum Gasteiger partial charge on any atom is 0.318 e. The Bertz CT molecular complexity index is 1000. The highest BCUT2D eigenvalue weighted by atomic mass is 19.1. The summed E-state index contributed by atoms with van der Waals surface area (Å²) in [4.78, 5) is 14.2. The second kappa shape index (κ2) is 11.2. The minimum Gasteiger partial charge on any atom is -0.335 e. The summed E-state index contributed by atoms with van der Waals surface area (Å²) in [7, 11) is 0. The topological polar surface area (TPSA) is 32.3 Å². The van der Waals surface area contributed by atoms with Crippen LogP contribution in [0.1, 0.15) is 31.4 Å². The van der Waals surface area contributed by atoms with Crippen LogP contribution in [0.2, 0.25) is 0 Å². The third-order valence-electron chi connectivity index (χ3n) is 5.53. The lowest BCUT2D eigenvalue weighted by molar-refractivity contribution is 0.154. The molecule has 4 rings (SSSR count). The Labute approximate surface area is 188 Å². The third-order valence-corrected chi connectivity index (χ3v) is 5.53. The van der Waals surface area contributed by atoms with Crippen molar-refractivity contribution in [3.8, 4) is 11.1 Å². The fourth-order valence-electron chi connectivity index (χ4n) is 3.66. The lowest BCUT2D eigenvalue weighted by Crippen LogP contribution is -2.52. The van der Waals surface area contributed by atoms with Gasteiger partial charge in [-0.3, -0.25) is 0 Å². The largest absolute Gasteiger partial charge is 0.335 e. The van der Waals surface area contributed by atoms with Crippen molar-refractivity contribution >= 4 is 6.03 Å². The quantitative estimate of drug-likeness (QED) is 0.443. The van der Waals surface area contributed by atoms with Crippen LogP contribution in [0.25, 0.3) is 11.1 Å². The Balaban J connectivity index is 0.000000352. The van der Waals surface area contributed by atoms with Gasteiger partial charge in [0.05, 0.1) is 6.04 Å². The smallest absolute Gasteiger partial charge is 0.318 e. The fourth-order valence-corrected chi connectivity index (χ4v) is 3.66. The van der Waals surface area contributed by atoms with E-state index in [2.05, 4.69) is 11.9 Å². The van der Waals surface area contributed by atoms with Crippen LogP contribution in [-0.4, -0.2) is 23.5 Å². The van der Waals surface area contributed by atoms with Crippen LogP contribution in [-0.2, 0) is 0 Å². The summed E-state index contributed by atoms with van der Waals surface area (Å²) in [5.41, 5.74) is 3.09. The van der Waals surface area contributed by atoms with E-state index in [9.17, 15) is 13.6 Å². The summed E-state index contributed by atoms with van der Waals surface area (Å²) in [6.07, 6.45) is 3.58. The zero-order valence-corrected chi connectivity index (χ0v) is 18.2. The molecule has 0 aromatic heterocycles. The van der Waals surface area contributed by atoms with E-state index in [-0.39, 0.29) is 29.7 Å². The van der Waals surface area contributed by atoms with Gasteiger partial charge in [-0.05, 0) is 60.7 Å². The molecule has 0 aliphatic carbocycles. The summed E-state index contributed by atoms with van der Waals surface area (Å²) in [6.45, 7) is 6.52. The summed E-state index contributed by atoms with van der Waals surface area (Å²) < 4.78 is 24.9. The second-order valence-corrected chi connectivity index (χ2v) is 7.75. The van der Waals surface area contributed by atoms with Crippen LogP contribution in [0, 0.1) is 11.6 Å². The van der Waals surface area contributed by atoms with Gasteiger partial charge in [-0.2, -0.15) is 0 Å². The third kappa shape index (κ3) is 6.27. The molecule has 0 radical (unpaired) electrons. The number of nitrogens with one attached hydrogen (secondary N) is 1. The Morgan fingerprint density at radius 2 is 1.53 bits per heavy atom. The van der Waals surface area contributed by atoms with Crippen molar-refractivity contribution in [3.63, 3.8) is 0 Å². The van der Waals surface area contributed by atoms with Crippen LogP contribution in [0.15, 0.2) is 91.5 Å². The fraction of sp³-hybridized carbons (Fsp3) is 0.222. The molecule has 2 amide bonds. The summed E-state index contributed by atoms with van der Waals surface area (Å²) >= 11 is 0. The highest BCUT2D eigenvalue weighted by Crippen LogP contribution is 2.27. The van der Waals surface area contributed by atoms with Crippen LogP contribution in [0.5, 0.6) is 0 Å². The van der Waals surface area contributed by atoms with Gasteiger partial charge in [0.25, 0.3) is 0 Å². The molecule has 3 aromatic rings. The number of hydrogen-bond donors (Lipinski definition) is 1. The van der Waals surface area contributed by atoms with Crippen molar-refractivity contribution in [2.75, 3.05) is 6.54 Å². The Hall–Kier alpha value is -3.47. The first-order valence-electron chi connectivity index (χ1n) is 10.7. The van der Waals surface area contributed by atoms with Crippen molar-refractivity contribution < 1.29 is 13.6 Å². The van der Waals surface area contributed by atoms with E-state index in [1.807, 2.05) is 42.2 Å². The molecule has 1 saturated heterocycles. The van der Waals surface area contributed by atoms with Crippen molar-refractivity contribution in [1.82, 2.24) is 10.2 Å². The molecule has 0 saturated carbocycles. The molecular formula is C27H28F2N2O.